The van der Waals surface area contributed by atoms with Crippen molar-refractivity contribution in [1.82, 2.24) is 0 Å². The van der Waals surface area contributed by atoms with Crippen LogP contribution in [-0.2, 0) is 14.9 Å². The topological polar surface area (TPSA) is 83.5 Å². The predicted molar refractivity (Wildman–Crippen MR) is 59.7 cm³/mol. The van der Waals surface area contributed by atoms with Crippen LogP contribution in [0.3, 0.4) is 0 Å². The number of rotatable bonds is 3. The standard InChI is InChI=1S/C10H11NO4S/c1-2-5-10(12)11-8-6-3-4-7-9(8)16(13,14)15/h2-7H,1H3,(H,11,12)(H,13,14,15). The van der Waals surface area contributed by atoms with Crippen molar-refractivity contribution in [3.05, 3.63) is 36.4 Å². The van der Waals surface area contributed by atoms with Crippen molar-refractivity contribution in [2.45, 2.75) is 11.8 Å². The fraction of sp³-hybridized carbons (Fsp3) is 0.100. The molecule has 0 radical (unpaired) electrons. The Labute approximate surface area is 93.5 Å². The molecule has 0 unspecified atom stereocenters. The Balaban J connectivity index is 3.10. The molecule has 0 atom stereocenters. The van der Waals surface area contributed by atoms with Gasteiger partial charge in [0.1, 0.15) is 4.90 Å². The van der Waals surface area contributed by atoms with Crippen molar-refractivity contribution in [3.8, 4) is 0 Å². The van der Waals surface area contributed by atoms with Crippen molar-refractivity contribution in [2.24, 2.45) is 0 Å². The minimum atomic E-state index is -4.33. The second-order valence-electron chi connectivity index (χ2n) is 2.96. The molecule has 0 saturated carbocycles. The SMILES string of the molecule is CC=CC(=O)Nc1ccccc1S(=O)(=O)O. The van der Waals surface area contributed by atoms with Crippen LogP contribution in [0.25, 0.3) is 0 Å². The molecular formula is C10H11NO4S. The number of hydrogen-bond donors (Lipinski definition) is 2. The molecule has 86 valence electrons. The lowest BCUT2D eigenvalue weighted by Crippen LogP contribution is -2.11. The summed E-state index contributed by atoms with van der Waals surface area (Å²) in [4.78, 5) is 10.9. The van der Waals surface area contributed by atoms with Crippen LogP contribution >= 0.6 is 0 Å². The molecule has 16 heavy (non-hydrogen) atoms. The van der Waals surface area contributed by atoms with Gasteiger partial charge in [-0.3, -0.25) is 9.35 Å². The molecule has 6 heteroatoms. The minimum Gasteiger partial charge on any atom is -0.321 e. The lowest BCUT2D eigenvalue weighted by Gasteiger charge is -2.06. The van der Waals surface area contributed by atoms with Gasteiger partial charge in [-0.1, -0.05) is 18.2 Å². The number of allylic oxidation sites excluding steroid dienone is 1. The van der Waals surface area contributed by atoms with Crippen LogP contribution in [0.15, 0.2) is 41.3 Å². The maximum atomic E-state index is 11.2. The molecule has 0 aliphatic heterocycles. The Morgan fingerprint density at radius 1 is 1.38 bits per heavy atom. The van der Waals surface area contributed by atoms with Gasteiger partial charge in [-0.05, 0) is 25.1 Å². The summed E-state index contributed by atoms with van der Waals surface area (Å²) in [5.74, 6) is -0.460. The van der Waals surface area contributed by atoms with Gasteiger partial charge in [0.05, 0.1) is 5.69 Å². The number of para-hydroxylation sites is 1. The molecule has 0 bridgehead atoms. The highest BCUT2D eigenvalue weighted by Gasteiger charge is 2.15. The molecule has 1 aromatic rings. The van der Waals surface area contributed by atoms with Crippen LogP contribution < -0.4 is 5.32 Å². The van der Waals surface area contributed by atoms with Crippen LogP contribution in [0.2, 0.25) is 0 Å². The van der Waals surface area contributed by atoms with Crippen molar-refractivity contribution < 1.29 is 17.8 Å². The summed E-state index contributed by atoms with van der Waals surface area (Å²) >= 11 is 0. The molecular weight excluding hydrogens is 230 g/mol. The summed E-state index contributed by atoms with van der Waals surface area (Å²) in [7, 11) is -4.33. The van der Waals surface area contributed by atoms with E-state index in [1.165, 1.54) is 30.4 Å². The van der Waals surface area contributed by atoms with E-state index in [1.54, 1.807) is 13.0 Å². The van der Waals surface area contributed by atoms with Crippen LogP contribution in [-0.4, -0.2) is 18.9 Å². The zero-order valence-electron chi connectivity index (χ0n) is 8.54. The molecule has 2 N–H and O–H groups in total. The minimum absolute atomic E-state index is 0.0492. The third kappa shape index (κ3) is 3.18. The number of amides is 1. The average Bonchev–Trinajstić information content (AvgIpc) is 2.17. The van der Waals surface area contributed by atoms with E-state index >= 15 is 0 Å². The lowest BCUT2D eigenvalue weighted by atomic mass is 10.3. The van der Waals surface area contributed by atoms with Crippen LogP contribution in [0.1, 0.15) is 6.92 Å². The smallest absolute Gasteiger partial charge is 0.296 e. The summed E-state index contributed by atoms with van der Waals surface area (Å²) in [6.07, 6.45) is 2.77. The summed E-state index contributed by atoms with van der Waals surface area (Å²) in [6.45, 7) is 1.66. The zero-order valence-corrected chi connectivity index (χ0v) is 9.36. The van der Waals surface area contributed by atoms with E-state index in [9.17, 15) is 13.2 Å². The van der Waals surface area contributed by atoms with E-state index in [2.05, 4.69) is 5.32 Å². The first kappa shape index (κ1) is 12.4. The Morgan fingerprint density at radius 2 is 2.00 bits per heavy atom. The number of carbonyl (C=O) groups is 1. The van der Waals surface area contributed by atoms with E-state index in [0.29, 0.717) is 0 Å². The van der Waals surface area contributed by atoms with E-state index in [0.717, 1.165) is 0 Å². The first-order valence-electron chi connectivity index (χ1n) is 4.45. The molecule has 0 fully saturated rings. The maximum absolute atomic E-state index is 11.2. The number of anilines is 1. The second kappa shape index (κ2) is 4.91. The summed E-state index contributed by atoms with van der Waals surface area (Å²) in [5, 5.41) is 2.35. The highest BCUT2D eigenvalue weighted by atomic mass is 32.2. The van der Waals surface area contributed by atoms with Crippen molar-refractivity contribution >= 4 is 21.7 Å². The Morgan fingerprint density at radius 3 is 2.56 bits per heavy atom. The molecule has 1 amide bonds. The monoisotopic (exact) mass is 241 g/mol. The van der Waals surface area contributed by atoms with Crippen molar-refractivity contribution in [2.75, 3.05) is 5.32 Å². The molecule has 0 aliphatic rings. The van der Waals surface area contributed by atoms with Crippen LogP contribution in [0, 0.1) is 0 Å². The molecule has 5 nitrogen and oxygen atoms in total. The quantitative estimate of drug-likeness (QED) is 0.619. The van der Waals surface area contributed by atoms with E-state index in [-0.39, 0.29) is 10.6 Å². The van der Waals surface area contributed by atoms with E-state index in [1.807, 2.05) is 0 Å². The largest absolute Gasteiger partial charge is 0.321 e. The molecule has 0 spiro atoms. The third-order valence-corrected chi connectivity index (χ3v) is 2.65. The van der Waals surface area contributed by atoms with Gasteiger partial charge in [-0.25, -0.2) is 0 Å². The van der Waals surface area contributed by atoms with E-state index < -0.39 is 16.0 Å². The molecule has 0 heterocycles. The second-order valence-corrected chi connectivity index (χ2v) is 4.35. The fourth-order valence-corrected chi connectivity index (χ4v) is 1.77. The van der Waals surface area contributed by atoms with Gasteiger partial charge in [0.2, 0.25) is 5.91 Å². The normalized spacial score (nSPS) is 11.6. The van der Waals surface area contributed by atoms with Gasteiger partial charge in [-0.15, -0.1) is 0 Å². The predicted octanol–water partition coefficient (Wildman–Crippen LogP) is 1.45. The first-order valence-corrected chi connectivity index (χ1v) is 5.89. The van der Waals surface area contributed by atoms with E-state index in [4.69, 9.17) is 4.55 Å². The van der Waals surface area contributed by atoms with Gasteiger partial charge < -0.3 is 5.32 Å². The fourth-order valence-electron chi connectivity index (χ4n) is 1.12. The summed E-state index contributed by atoms with van der Waals surface area (Å²) in [6, 6.07) is 5.61. The Hall–Kier alpha value is -1.66. The zero-order chi connectivity index (χ0) is 12.2. The van der Waals surface area contributed by atoms with Gasteiger partial charge >= 0.3 is 0 Å². The van der Waals surface area contributed by atoms with Crippen molar-refractivity contribution in [1.29, 1.82) is 0 Å². The highest BCUT2D eigenvalue weighted by Crippen LogP contribution is 2.20. The third-order valence-electron chi connectivity index (χ3n) is 1.74. The maximum Gasteiger partial charge on any atom is 0.296 e. The van der Waals surface area contributed by atoms with Crippen LogP contribution in [0.4, 0.5) is 5.69 Å². The molecule has 0 aliphatic carbocycles. The summed E-state index contributed by atoms with van der Waals surface area (Å²) < 4.78 is 30.9. The number of benzene rings is 1. The first-order chi connectivity index (χ1) is 7.45. The molecule has 1 aromatic carbocycles. The Kier molecular flexibility index (Phi) is 3.81. The molecule has 1 rings (SSSR count). The van der Waals surface area contributed by atoms with Gasteiger partial charge in [0.15, 0.2) is 0 Å². The average molecular weight is 241 g/mol. The number of nitrogens with one attached hydrogen (secondary N) is 1. The highest BCUT2D eigenvalue weighted by molar-refractivity contribution is 7.86. The van der Waals surface area contributed by atoms with Crippen molar-refractivity contribution in [3.63, 3.8) is 0 Å². The summed E-state index contributed by atoms with van der Waals surface area (Å²) in [5.41, 5.74) is 0.0492. The van der Waals surface area contributed by atoms with Gasteiger partial charge in [-0.2, -0.15) is 8.42 Å². The molecule has 0 aromatic heterocycles. The van der Waals surface area contributed by atoms with Gasteiger partial charge in [0.25, 0.3) is 10.1 Å². The molecule has 0 saturated heterocycles. The van der Waals surface area contributed by atoms with Gasteiger partial charge in [0, 0.05) is 0 Å². The lowest BCUT2D eigenvalue weighted by molar-refractivity contribution is -0.111. The Bertz CT molecular complexity index is 519. The number of carbonyl (C=O) groups excluding carboxylic acids is 1. The van der Waals surface area contributed by atoms with Crippen LogP contribution in [0.5, 0.6) is 0 Å². The number of hydrogen-bond acceptors (Lipinski definition) is 3.